The lowest BCUT2D eigenvalue weighted by Crippen LogP contribution is -2.13. The zero-order valence-electron chi connectivity index (χ0n) is 17.0. The van der Waals surface area contributed by atoms with Gasteiger partial charge < -0.3 is 4.74 Å². The first-order chi connectivity index (χ1) is 13.6. The van der Waals surface area contributed by atoms with Gasteiger partial charge in [-0.3, -0.25) is 10.1 Å². The summed E-state index contributed by atoms with van der Waals surface area (Å²) < 4.78 is 5.80. The molecule has 2 aromatic rings. The van der Waals surface area contributed by atoms with E-state index in [4.69, 9.17) is 4.74 Å². The van der Waals surface area contributed by atoms with Gasteiger partial charge in [-0.25, -0.2) is 0 Å². The molecule has 150 valence electrons. The van der Waals surface area contributed by atoms with E-state index in [0.717, 1.165) is 11.5 Å². The largest absolute Gasteiger partial charge is 0.450 e. The van der Waals surface area contributed by atoms with Crippen LogP contribution in [-0.4, -0.2) is 4.92 Å². The fourth-order valence-corrected chi connectivity index (χ4v) is 4.26. The third-order valence-electron chi connectivity index (χ3n) is 5.95. The van der Waals surface area contributed by atoms with Gasteiger partial charge in [-0.05, 0) is 73.8 Å². The molecule has 1 saturated carbocycles. The highest BCUT2D eigenvalue weighted by Crippen LogP contribution is 2.39. The minimum atomic E-state index is -0.393. The first kappa shape index (κ1) is 20.4. The minimum Gasteiger partial charge on any atom is -0.450 e. The molecule has 0 N–H and O–H groups in total. The van der Waals surface area contributed by atoms with E-state index in [-0.39, 0.29) is 11.4 Å². The molecule has 0 bridgehead atoms. The maximum atomic E-state index is 11.3. The van der Waals surface area contributed by atoms with Gasteiger partial charge in [-0.2, -0.15) is 0 Å². The van der Waals surface area contributed by atoms with Gasteiger partial charge >= 0.3 is 5.69 Å². The molecule has 1 aliphatic rings. The summed E-state index contributed by atoms with van der Waals surface area (Å²) in [7, 11) is 0. The van der Waals surface area contributed by atoms with E-state index in [1.165, 1.54) is 56.9 Å². The van der Waals surface area contributed by atoms with Crippen molar-refractivity contribution in [3.05, 3.63) is 63.7 Å². The van der Waals surface area contributed by atoms with E-state index in [2.05, 4.69) is 19.1 Å². The molecule has 0 unspecified atom stereocenters. The zero-order valence-corrected chi connectivity index (χ0v) is 17.0. The smallest absolute Gasteiger partial charge is 0.311 e. The third kappa shape index (κ3) is 5.34. The number of nitro benzene ring substituents is 1. The molecule has 0 radical (unpaired) electrons. The van der Waals surface area contributed by atoms with Gasteiger partial charge in [0.15, 0.2) is 0 Å². The van der Waals surface area contributed by atoms with E-state index >= 15 is 0 Å². The number of hydrogen-bond donors (Lipinski definition) is 0. The first-order valence-electron chi connectivity index (χ1n) is 10.6. The molecule has 0 spiro atoms. The summed E-state index contributed by atoms with van der Waals surface area (Å²) in [6, 6.07) is 13.2. The second kappa shape index (κ2) is 9.72. The van der Waals surface area contributed by atoms with E-state index in [1.807, 2.05) is 25.1 Å². The van der Waals surface area contributed by atoms with Crippen molar-refractivity contribution in [2.75, 3.05) is 0 Å². The van der Waals surface area contributed by atoms with Gasteiger partial charge in [0.2, 0.25) is 5.75 Å². The third-order valence-corrected chi connectivity index (χ3v) is 5.95. The van der Waals surface area contributed by atoms with Crippen LogP contribution in [0.5, 0.6) is 11.5 Å². The van der Waals surface area contributed by atoms with Gasteiger partial charge in [-0.1, -0.05) is 50.8 Å². The number of ether oxygens (including phenoxy) is 1. The summed E-state index contributed by atoms with van der Waals surface area (Å²) in [4.78, 5) is 10.9. The van der Waals surface area contributed by atoms with Crippen LogP contribution >= 0.6 is 0 Å². The molecule has 0 amide bonds. The number of benzene rings is 2. The van der Waals surface area contributed by atoms with E-state index < -0.39 is 4.92 Å². The van der Waals surface area contributed by atoms with Crippen LogP contribution in [0.1, 0.15) is 75.3 Å². The summed E-state index contributed by atoms with van der Waals surface area (Å²) >= 11 is 0. The normalized spacial score (nSPS) is 19.4. The second-order valence-electron chi connectivity index (χ2n) is 8.11. The lowest BCUT2D eigenvalue weighted by atomic mass is 9.77. The van der Waals surface area contributed by atoms with Crippen molar-refractivity contribution < 1.29 is 9.66 Å². The van der Waals surface area contributed by atoms with Crippen molar-refractivity contribution in [3.63, 3.8) is 0 Å². The lowest BCUT2D eigenvalue weighted by Gasteiger charge is -2.29. The van der Waals surface area contributed by atoms with Crippen LogP contribution < -0.4 is 4.74 Å². The van der Waals surface area contributed by atoms with Gasteiger partial charge in [-0.15, -0.1) is 0 Å². The summed E-state index contributed by atoms with van der Waals surface area (Å²) in [5.41, 5.74) is 2.21. The summed E-state index contributed by atoms with van der Waals surface area (Å²) in [5.74, 6) is 2.47. The second-order valence-corrected chi connectivity index (χ2v) is 8.11. The molecule has 0 aromatic heterocycles. The number of nitro groups is 1. The molecule has 1 fully saturated rings. The van der Waals surface area contributed by atoms with Crippen molar-refractivity contribution >= 4 is 5.69 Å². The average Bonchev–Trinajstić information content (AvgIpc) is 2.70. The Labute approximate surface area is 168 Å². The maximum absolute atomic E-state index is 11.3. The summed E-state index contributed by atoms with van der Waals surface area (Å²) in [6.07, 6.45) is 10.6. The molecule has 0 atom stereocenters. The number of hydrogen-bond acceptors (Lipinski definition) is 3. The number of nitrogens with zero attached hydrogens (tertiary/aromatic N) is 1. The number of rotatable bonds is 8. The number of unbranched alkanes of at least 4 members (excludes halogenated alkanes) is 2. The molecule has 2 aromatic carbocycles. The predicted molar refractivity (Wildman–Crippen MR) is 113 cm³/mol. The van der Waals surface area contributed by atoms with Gasteiger partial charge in [0.05, 0.1) is 4.92 Å². The molecule has 4 nitrogen and oxygen atoms in total. The highest BCUT2D eigenvalue weighted by molar-refractivity contribution is 5.50. The molecule has 0 saturated heterocycles. The molecule has 0 aliphatic heterocycles. The van der Waals surface area contributed by atoms with E-state index in [0.29, 0.717) is 11.7 Å². The highest BCUT2D eigenvalue weighted by atomic mass is 16.6. The Morgan fingerprint density at radius 3 is 2.39 bits per heavy atom. The predicted octanol–water partition coefficient (Wildman–Crippen LogP) is 7.55. The van der Waals surface area contributed by atoms with Crippen LogP contribution in [-0.2, 0) is 0 Å². The van der Waals surface area contributed by atoms with Gasteiger partial charge in [0.25, 0.3) is 0 Å². The van der Waals surface area contributed by atoms with Crippen LogP contribution in [0.15, 0.2) is 42.5 Å². The Balaban J connectivity index is 1.58. The van der Waals surface area contributed by atoms with E-state index in [9.17, 15) is 10.1 Å². The van der Waals surface area contributed by atoms with Gasteiger partial charge in [0, 0.05) is 6.07 Å². The molecule has 0 heterocycles. The Hall–Kier alpha value is -2.36. The van der Waals surface area contributed by atoms with Crippen LogP contribution in [0, 0.1) is 23.0 Å². The maximum Gasteiger partial charge on any atom is 0.311 e. The van der Waals surface area contributed by atoms with Gasteiger partial charge in [0.1, 0.15) is 5.75 Å². The summed E-state index contributed by atoms with van der Waals surface area (Å²) in [5, 5.41) is 11.3. The van der Waals surface area contributed by atoms with Crippen molar-refractivity contribution in [2.45, 2.75) is 71.1 Å². The van der Waals surface area contributed by atoms with Crippen molar-refractivity contribution in [3.8, 4) is 11.5 Å². The highest BCUT2D eigenvalue weighted by Gasteiger charge is 2.22. The lowest BCUT2D eigenvalue weighted by molar-refractivity contribution is -0.385. The van der Waals surface area contributed by atoms with Crippen molar-refractivity contribution in [1.82, 2.24) is 0 Å². The van der Waals surface area contributed by atoms with E-state index in [1.54, 1.807) is 12.1 Å². The molecule has 28 heavy (non-hydrogen) atoms. The fraction of sp³-hybridized carbons (Fsp3) is 0.500. The Morgan fingerprint density at radius 2 is 1.75 bits per heavy atom. The molecular weight excluding hydrogens is 350 g/mol. The minimum absolute atomic E-state index is 0.00507. The van der Waals surface area contributed by atoms with Crippen molar-refractivity contribution in [1.29, 1.82) is 0 Å². The molecule has 3 rings (SSSR count). The Bertz CT molecular complexity index is 777. The zero-order chi connectivity index (χ0) is 19.9. The van der Waals surface area contributed by atoms with Crippen LogP contribution in [0.3, 0.4) is 0 Å². The first-order valence-corrected chi connectivity index (χ1v) is 10.6. The fourth-order valence-electron chi connectivity index (χ4n) is 4.26. The quantitative estimate of drug-likeness (QED) is 0.269. The SMILES string of the molecule is CCCCCC1CCC(c2ccc(Oc3ccc(C)cc3[N+](=O)[O-])cc2)CC1. The summed E-state index contributed by atoms with van der Waals surface area (Å²) in [6.45, 7) is 4.10. The Kier molecular flexibility index (Phi) is 7.07. The molecule has 4 heteroatoms. The van der Waals surface area contributed by atoms with Crippen LogP contribution in [0.25, 0.3) is 0 Å². The molecular formula is C24H31NO3. The molecule has 1 aliphatic carbocycles. The van der Waals surface area contributed by atoms with Crippen molar-refractivity contribution in [2.24, 2.45) is 5.92 Å². The Morgan fingerprint density at radius 1 is 1.04 bits per heavy atom. The standard InChI is InChI=1S/C24H31NO3/c1-3-4-5-6-19-8-10-20(11-9-19)21-12-14-22(15-13-21)28-24-16-7-18(2)17-23(24)25(26)27/h7,12-17,19-20H,3-6,8-11H2,1-2H3. The topological polar surface area (TPSA) is 52.4 Å². The monoisotopic (exact) mass is 381 g/mol. The van der Waals surface area contributed by atoms with Crippen LogP contribution in [0.2, 0.25) is 0 Å². The van der Waals surface area contributed by atoms with Crippen LogP contribution in [0.4, 0.5) is 5.69 Å². The average molecular weight is 382 g/mol. The number of aryl methyl sites for hydroxylation is 1.